The van der Waals surface area contributed by atoms with E-state index in [1.165, 1.54) is 0 Å². The van der Waals surface area contributed by atoms with Crippen molar-refractivity contribution in [3.8, 4) is 0 Å². The summed E-state index contributed by atoms with van der Waals surface area (Å²) in [5.41, 5.74) is 1.27. The van der Waals surface area contributed by atoms with Gasteiger partial charge in [0.15, 0.2) is 0 Å². The van der Waals surface area contributed by atoms with Crippen molar-refractivity contribution >= 4 is 34.0 Å². The van der Waals surface area contributed by atoms with E-state index >= 15 is 0 Å². The Balaban J connectivity index is 2.76. The number of nitrogens with zero attached hydrogens (tertiary/aromatic N) is 1. The Hall–Kier alpha value is -0.850. The molecule has 1 N–H and O–H groups in total. The van der Waals surface area contributed by atoms with Crippen LogP contribution in [0.5, 0.6) is 0 Å². The minimum absolute atomic E-state index is 0.157. The molecule has 0 bridgehead atoms. The molecular formula is C13H19IN2O2. The van der Waals surface area contributed by atoms with Crippen molar-refractivity contribution in [2.24, 2.45) is 11.3 Å². The average Bonchev–Trinajstić information content (AvgIpc) is 2.25. The summed E-state index contributed by atoms with van der Waals surface area (Å²) in [4.78, 5) is 10.4. The molecular weight excluding hydrogens is 343 g/mol. The van der Waals surface area contributed by atoms with Crippen LogP contribution in [0.3, 0.4) is 0 Å². The van der Waals surface area contributed by atoms with Gasteiger partial charge in [-0.25, -0.2) is 0 Å². The van der Waals surface area contributed by atoms with E-state index in [-0.39, 0.29) is 16.0 Å². The van der Waals surface area contributed by atoms with Gasteiger partial charge in [0.25, 0.3) is 5.69 Å². The van der Waals surface area contributed by atoms with Crippen LogP contribution in [-0.4, -0.2) is 11.5 Å². The van der Waals surface area contributed by atoms with E-state index in [0.717, 1.165) is 12.2 Å². The monoisotopic (exact) mass is 362 g/mol. The molecule has 0 saturated heterocycles. The standard InChI is InChI=1S/C13H19IN2O2/c1-9(2)13(3,4)8-15-10-5-6-12(16(17)18)11(14)7-10/h5-7,9,15H,8H2,1-4H3. The quantitative estimate of drug-likeness (QED) is 0.483. The van der Waals surface area contributed by atoms with Crippen molar-refractivity contribution in [2.45, 2.75) is 27.7 Å². The Morgan fingerprint density at radius 3 is 2.50 bits per heavy atom. The first-order valence-electron chi connectivity index (χ1n) is 5.92. The van der Waals surface area contributed by atoms with E-state index in [9.17, 15) is 10.1 Å². The molecule has 4 nitrogen and oxygen atoms in total. The van der Waals surface area contributed by atoms with Gasteiger partial charge in [-0.1, -0.05) is 27.7 Å². The Morgan fingerprint density at radius 1 is 1.44 bits per heavy atom. The van der Waals surface area contributed by atoms with Crippen LogP contribution in [0.1, 0.15) is 27.7 Å². The minimum Gasteiger partial charge on any atom is -0.384 e. The number of nitro groups is 1. The van der Waals surface area contributed by atoms with Gasteiger partial charge in [-0.2, -0.15) is 0 Å². The van der Waals surface area contributed by atoms with Gasteiger partial charge < -0.3 is 5.32 Å². The first-order chi connectivity index (χ1) is 8.24. The Kier molecular flexibility index (Phi) is 4.95. The molecule has 0 unspecified atom stereocenters. The van der Waals surface area contributed by atoms with Crippen molar-refractivity contribution in [2.75, 3.05) is 11.9 Å². The molecule has 1 aromatic rings. The molecule has 0 spiro atoms. The smallest absolute Gasteiger partial charge is 0.282 e. The third-order valence-electron chi connectivity index (χ3n) is 3.46. The van der Waals surface area contributed by atoms with Crippen LogP contribution < -0.4 is 5.32 Å². The van der Waals surface area contributed by atoms with Gasteiger partial charge in [-0.05, 0) is 46.1 Å². The summed E-state index contributed by atoms with van der Waals surface area (Å²) in [6.07, 6.45) is 0. The summed E-state index contributed by atoms with van der Waals surface area (Å²) in [7, 11) is 0. The van der Waals surface area contributed by atoms with Crippen LogP contribution in [0.15, 0.2) is 18.2 Å². The zero-order valence-corrected chi connectivity index (χ0v) is 13.3. The summed E-state index contributed by atoms with van der Waals surface area (Å²) in [6.45, 7) is 9.66. The highest BCUT2D eigenvalue weighted by Gasteiger charge is 2.22. The second-order valence-corrected chi connectivity index (χ2v) is 6.58. The predicted octanol–water partition coefficient (Wildman–Crippen LogP) is 4.29. The lowest BCUT2D eigenvalue weighted by atomic mass is 9.81. The molecule has 0 atom stereocenters. The van der Waals surface area contributed by atoms with Gasteiger partial charge in [-0.15, -0.1) is 0 Å². The Labute approximate surface area is 121 Å². The van der Waals surface area contributed by atoms with E-state index in [4.69, 9.17) is 0 Å². The van der Waals surface area contributed by atoms with Crippen molar-refractivity contribution < 1.29 is 4.92 Å². The molecule has 0 fully saturated rings. The largest absolute Gasteiger partial charge is 0.384 e. The first kappa shape index (κ1) is 15.2. The van der Waals surface area contributed by atoms with Gasteiger partial charge in [0, 0.05) is 18.3 Å². The maximum Gasteiger partial charge on any atom is 0.282 e. The van der Waals surface area contributed by atoms with Crippen LogP contribution in [0.4, 0.5) is 11.4 Å². The first-order valence-corrected chi connectivity index (χ1v) is 7.00. The van der Waals surface area contributed by atoms with E-state index in [1.807, 2.05) is 28.7 Å². The van der Waals surface area contributed by atoms with Crippen LogP contribution in [-0.2, 0) is 0 Å². The van der Waals surface area contributed by atoms with E-state index < -0.39 is 0 Å². The molecule has 0 amide bonds. The lowest BCUT2D eigenvalue weighted by Crippen LogP contribution is -2.28. The highest BCUT2D eigenvalue weighted by Crippen LogP contribution is 2.28. The van der Waals surface area contributed by atoms with Crippen molar-refractivity contribution in [1.82, 2.24) is 0 Å². The maximum atomic E-state index is 10.7. The number of rotatable bonds is 5. The molecule has 1 aromatic carbocycles. The Morgan fingerprint density at radius 2 is 2.06 bits per heavy atom. The molecule has 0 saturated carbocycles. The maximum absolute atomic E-state index is 10.7. The molecule has 0 aliphatic heterocycles. The van der Waals surface area contributed by atoms with Gasteiger partial charge in [0.2, 0.25) is 0 Å². The van der Waals surface area contributed by atoms with Crippen LogP contribution in [0.2, 0.25) is 0 Å². The summed E-state index contributed by atoms with van der Waals surface area (Å²) >= 11 is 1.99. The topological polar surface area (TPSA) is 55.2 Å². The second-order valence-electron chi connectivity index (χ2n) is 5.42. The van der Waals surface area contributed by atoms with Gasteiger partial charge >= 0.3 is 0 Å². The number of hydrogen-bond acceptors (Lipinski definition) is 3. The molecule has 0 radical (unpaired) electrons. The summed E-state index contributed by atoms with van der Waals surface area (Å²) in [5.74, 6) is 0.571. The molecule has 5 heteroatoms. The summed E-state index contributed by atoms with van der Waals surface area (Å²) < 4.78 is 0.657. The fourth-order valence-corrected chi connectivity index (χ4v) is 2.01. The predicted molar refractivity (Wildman–Crippen MR) is 82.9 cm³/mol. The highest BCUT2D eigenvalue weighted by molar-refractivity contribution is 14.1. The fourth-order valence-electron chi connectivity index (χ4n) is 1.30. The van der Waals surface area contributed by atoms with Gasteiger partial charge in [0.1, 0.15) is 0 Å². The zero-order valence-electron chi connectivity index (χ0n) is 11.2. The average molecular weight is 362 g/mol. The second kappa shape index (κ2) is 5.86. The SMILES string of the molecule is CC(C)C(C)(C)CNc1ccc([N+](=O)[O-])c(I)c1. The van der Waals surface area contributed by atoms with Gasteiger partial charge in [-0.3, -0.25) is 10.1 Å². The molecule has 1 rings (SSSR count). The molecule has 0 aliphatic carbocycles. The third-order valence-corrected chi connectivity index (χ3v) is 4.32. The summed E-state index contributed by atoms with van der Waals surface area (Å²) in [6, 6.07) is 5.12. The lowest BCUT2D eigenvalue weighted by molar-refractivity contribution is -0.385. The van der Waals surface area contributed by atoms with E-state index in [1.54, 1.807) is 12.1 Å². The number of hydrogen-bond donors (Lipinski definition) is 1. The van der Waals surface area contributed by atoms with Crippen molar-refractivity contribution in [3.05, 3.63) is 31.9 Å². The van der Waals surface area contributed by atoms with Crippen LogP contribution in [0, 0.1) is 25.0 Å². The number of anilines is 1. The van der Waals surface area contributed by atoms with Gasteiger partial charge in [0.05, 0.1) is 8.49 Å². The number of nitrogens with one attached hydrogen (secondary N) is 1. The minimum atomic E-state index is -0.358. The number of halogens is 1. The number of nitro benzene ring substituents is 1. The van der Waals surface area contributed by atoms with E-state index in [0.29, 0.717) is 9.49 Å². The normalized spacial score (nSPS) is 11.7. The van der Waals surface area contributed by atoms with Crippen molar-refractivity contribution in [1.29, 1.82) is 0 Å². The lowest BCUT2D eigenvalue weighted by Gasteiger charge is -2.29. The molecule has 0 aliphatic rings. The summed E-state index contributed by atoms with van der Waals surface area (Å²) in [5, 5.41) is 14.1. The van der Waals surface area contributed by atoms with Crippen molar-refractivity contribution in [3.63, 3.8) is 0 Å². The molecule has 100 valence electrons. The van der Waals surface area contributed by atoms with Crippen LogP contribution in [0.25, 0.3) is 0 Å². The van der Waals surface area contributed by atoms with Crippen LogP contribution >= 0.6 is 22.6 Å². The highest BCUT2D eigenvalue weighted by atomic mass is 127. The molecule has 0 heterocycles. The third kappa shape index (κ3) is 3.83. The number of benzene rings is 1. The fraction of sp³-hybridized carbons (Fsp3) is 0.538. The molecule has 18 heavy (non-hydrogen) atoms. The van der Waals surface area contributed by atoms with E-state index in [2.05, 4.69) is 33.0 Å². The molecule has 0 aromatic heterocycles. The zero-order chi connectivity index (χ0) is 13.9. The Bertz CT molecular complexity index is 445.